The SMILES string of the molecule is Nc1ccc(N=Nc2ccc(C(=O)Nc3ccc(N=Nc4c(S(=O)(=O)O)cc5cc(S(=O)(=O)O)c(N=Nc6ccccc6)c(O)c5c4N)cc3)cc2)c(O)c1. The fourth-order valence-corrected chi connectivity index (χ4v) is 6.37. The Hall–Kier alpha value is -7.13. The molecular weight excluding hydrogens is 755 g/mol. The lowest BCUT2D eigenvalue weighted by atomic mass is 10.1. The van der Waals surface area contributed by atoms with E-state index in [1.54, 1.807) is 36.4 Å². The summed E-state index contributed by atoms with van der Waals surface area (Å²) < 4.78 is 69.3. The van der Waals surface area contributed by atoms with Crippen LogP contribution in [0.25, 0.3) is 10.8 Å². The molecule has 6 aromatic rings. The van der Waals surface area contributed by atoms with Gasteiger partial charge in [-0.2, -0.15) is 32.2 Å². The van der Waals surface area contributed by atoms with Gasteiger partial charge in [-0.3, -0.25) is 13.9 Å². The smallest absolute Gasteiger partial charge is 0.296 e. The first kappa shape index (κ1) is 37.6. The summed E-state index contributed by atoms with van der Waals surface area (Å²) >= 11 is 0. The fourth-order valence-electron chi connectivity index (χ4n) is 5.05. The third kappa shape index (κ3) is 8.58. The maximum absolute atomic E-state index is 12.9. The minimum atomic E-state index is -5.08. The van der Waals surface area contributed by atoms with Crippen molar-refractivity contribution < 1.29 is 40.9 Å². The molecule has 1 amide bonds. The van der Waals surface area contributed by atoms with Crippen LogP contribution in [0.1, 0.15) is 10.4 Å². The molecule has 0 aromatic heterocycles. The number of phenols is 2. The molecule has 0 bridgehead atoms. The van der Waals surface area contributed by atoms with Crippen LogP contribution in [0.15, 0.2) is 150 Å². The normalized spacial score (nSPS) is 12.3. The number of anilines is 3. The number of carbonyl (C=O) groups is 1. The van der Waals surface area contributed by atoms with Crippen LogP contribution in [0.4, 0.5) is 51.2 Å². The lowest BCUT2D eigenvalue weighted by molar-refractivity contribution is 0.102. The molecule has 9 N–H and O–H groups in total. The highest BCUT2D eigenvalue weighted by Gasteiger charge is 2.28. The highest BCUT2D eigenvalue weighted by molar-refractivity contribution is 7.86. The first-order valence-electron chi connectivity index (χ1n) is 15.6. The number of aromatic hydroxyl groups is 2. The standard InChI is InChI=1S/C35H27N9O9S2/c36-21-8-15-26(27(45)18-21)42-39-24-9-6-19(7-10-24)35(47)38-22-11-13-25(14-12-22)41-43-32-28(54(48,49)50)16-20-17-29(55(51,52)53)33(34(46)30(20)31(32)37)44-40-23-4-2-1-3-5-23/h1-18,45-46H,36-37H2,(H,38,47)(H,48,49,50)(H,51,52,53). The first-order chi connectivity index (χ1) is 26.1. The van der Waals surface area contributed by atoms with E-state index >= 15 is 0 Å². The minimum absolute atomic E-state index is 0.134. The summed E-state index contributed by atoms with van der Waals surface area (Å²) in [6, 6.07) is 26.0. The zero-order chi connectivity index (χ0) is 39.5. The van der Waals surface area contributed by atoms with Crippen molar-refractivity contribution in [1.29, 1.82) is 0 Å². The molecule has 0 aliphatic heterocycles. The van der Waals surface area contributed by atoms with E-state index < -0.39 is 58.7 Å². The van der Waals surface area contributed by atoms with E-state index in [4.69, 9.17) is 11.5 Å². The van der Waals surface area contributed by atoms with Crippen molar-refractivity contribution in [2.24, 2.45) is 30.7 Å². The van der Waals surface area contributed by atoms with Gasteiger partial charge >= 0.3 is 0 Å². The number of fused-ring (bicyclic) bond motifs is 1. The third-order valence-corrected chi connectivity index (χ3v) is 9.42. The molecule has 0 spiro atoms. The van der Waals surface area contributed by atoms with E-state index in [9.17, 15) is 40.9 Å². The number of amides is 1. The molecule has 20 heteroatoms. The van der Waals surface area contributed by atoms with Crippen molar-refractivity contribution in [3.8, 4) is 11.5 Å². The van der Waals surface area contributed by atoms with Crippen LogP contribution in [-0.2, 0) is 20.2 Å². The maximum Gasteiger partial charge on any atom is 0.296 e. The van der Waals surface area contributed by atoms with Crippen LogP contribution < -0.4 is 16.8 Å². The zero-order valence-electron chi connectivity index (χ0n) is 27.9. The van der Waals surface area contributed by atoms with E-state index in [2.05, 4.69) is 36.0 Å². The molecule has 0 unspecified atom stereocenters. The lowest BCUT2D eigenvalue weighted by Crippen LogP contribution is -2.11. The van der Waals surface area contributed by atoms with Crippen LogP contribution >= 0.6 is 0 Å². The molecule has 0 heterocycles. The number of nitrogen functional groups attached to an aromatic ring is 2. The van der Waals surface area contributed by atoms with Gasteiger partial charge in [0.1, 0.15) is 32.6 Å². The number of hydrogen-bond donors (Lipinski definition) is 7. The highest BCUT2D eigenvalue weighted by Crippen LogP contribution is 2.48. The van der Waals surface area contributed by atoms with Crippen LogP contribution in [-0.4, -0.2) is 42.1 Å². The molecule has 0 atom stereocenters. The summed E-state index contributed by atoms with van der Waals surface area (Å²) in [5.74, 6) is -1.49. The first-order valence-corrected chi connectivity index (χ1v) is 18.4. The van der Waals surface area contributed by atoms with Gasteiger partial charge in [0.05, 0.1) is 28.1 Å². The number of phenolic OH excluding ortho intramolecular Hbond substituents is 2. The Bertz CT molecular complexity index is 2780. The Balaban J connectivity index is 1.26. The van der Waals surface area contributed by atoms with E-state index in [0.717, 1.165) is 12.1 Å². The Labute approximate surface area is 311 Å². The van der Waals surface area contributed by atoms with Crippen molar-refractivity contribution in [3.63, 3.8) is 0 Å². The molecule has 0 fully saturated rings. The number of carbonyl (C=O) groups excluding carboxylic acids is 1. The monoisotopic (exact) mass is 781 g/mol. The molecule has 55 heavy (non-hydrogen) atoms. The lowest BCUT2D eigenvalue weighted by Gasteiger charge is -2.14. The van der Waals surface area contributed by atoms with Gasteiger partial charge in [-0.25, -0.2) is 0 Å². The molecule has 0 radical (unpaired) electrons. The molecule has 18 nitrogen and oxygen atoms in total. The highest BCUT2D eigenvalue weighted by atomic mass is 32.2. The predicted molar refractivity (Wildman–Crippen MR) is 202 cm³/mol. The van der Waals surface area contributed by atoms with E-state index in [1.807, 2.05) is 0 Å². The van der Waals surface area contributed by atoms with E-state index in [1.165, 1.54) is 60.7 Å². The molecule has 0 aliphatic carbocycles. The third-order valence-electron chi connectivity index (χ3n) is 7.68. The van der Waals surface area contributed by atoms with E-state index in [-0.39, 0.29) is 33.6 Å². The van der Waals surface area contributed by atoms with Crippen molar-refractivity contribution in [1.82, 2.24) is 0 Å². The van der Waals surface area contributed by atoms with Crippen molar-refractivity contribution >= 4 is 88.1 Å². The summed E-state index contributed by atoms with van der Waals surface area (Å²) in [6.45, 7) is 0. The van der Waals surface area contributed by atoms with Gasteiger partial charge < -0.3 is 27.0 Å². The number of azo groups is 3. The zero-order valence-corrected chi connectivity index (χ0v) is 29.5. The molecule has 0 saturated carbocycles. The second-order valence-corrected chi connectivity index (χ2v) is 14.3. The topological polar surface area (TPSA) is 304 Å². The van der Waals surface area contributed by atoms with Gasteiger partial charge in [-0.05, 0) is 90.3 Å². The quantitative estimate of drug-likeness (QED) is 0.0393. The summed E-state index contributed by atoms with van der Waals surface area (Å²) in [5.41, 5.74) is 12.1. The number of rotatable bonds is 10. The molecular formula is C35H27N9O9S2. The average Bonchev–Trinajstić information content (AvgIpc) is 3.14. The summed E-state index contributed by atoms with van der Waals surface area (Å²) in [6.07, 6.45) is 0. The summed E-state index contributed by atoms with van der Waals surface area (Å²) in [7, 11) is -10.1. The number of nitrogens with one attached hydrogen (secondary N) is 1. The Morgan fingerprint density at radius 2 is 1.13 bits per heavy atom. The number of benzene rings is 6. The fraction of sp³-hybridized carbons (Fsp3) is 0. The van der Waals surface area contributed by atoms with Crippen molar-refractivity contribution in [2.45, 2.75) is 9.79 Å². The van der Waals surface area contributed by atoms with Crippen LogP contribution in [0.2, 0.25) is 0 Å². The van der Waals surface area contributed by atoms with Crippen molar-refractivity contribution in [3.05, 3.63) is 115 Å². The largest absolute Gasteiger partial charge is 0.506 e. The van der Waals surface area contributed by atoms with Gasteiger partial charge in [0, 0.05) is 23.0 Å². The Morgan fingerprint density at radius 3 is 1.71 bits per heavy atom. The second kappa shape index (κ2) is 15.1. The Morgan fingerprint density at radius 1 is 0.600 bits per heavy atom. The number of hydrogen-bond acceptors (Lipinski definition) is 15. The van der Waals surface area contributed by atoms with Crippen LogP contribution in [0, 0.1) is 0 Å². The van der Waals surface area contributed by atoms with Gasteiger partial charge in [0.25, 0.3) is 26.1 Å². The van der Waals surface area contributed by atoms with Gasteiger partial charge in [0.15, 0.2) is 5.75 Å². The number of nitrogens with zero attached hydrogens (tertiary/aromatic N) is 6. The molecule has 0 aliphatic rings. The van der Waals surface area contributed by atoms with Gasteiger partial charge in [0.2, 0.25) is 0 Å². The molecule has 278 valence electrons. The average molecular weight is 782 g/mol. The van der Waals surface area contributed by atoms with Gasteiger partial charge in [-0.15, -0.1) is 15.3 Å². The Kier molecular flexibility index (Phi) is 10.3. The predicted octanol–water partition coefficient (Wildman–Crippen LogP) is 8.41. The van der Waals surface area contributed by atoms with Crippen LogP contribution in [0.5, 0.6) is 11.5 Å². The molecule has 0 saturated heterocycles. The summed E-state index contributed by atoms with van der Waals surface area (Å²) in [5, 5.41) is 46.8. The maximum atomic E-state index is 12.9. The van der Waals surface area contributed by atoms with E-state index in [0.29, 0.717) is 22.6 Å². The van der Waals surface area contributed by atoms with Crippen molar-refractivity contribution in [2.75, 3.05) is 16.8 Å². The molecule has 6 aromatic carbocycles. The molecule has 6 rings (SSSR count). The van der Waals surface area contributed by atoms with Crippen LogP contribution in [0.3, 0.4) is 0 Å². The minimum Gasteiger partial charge on any atom is -0.506 e. The number of nitrogens with two attached hydrogens (primary N) is 2. The second-order valence-electron chi connectivity index (χ2n) is 11.5. The summed E-state index contributed by atoms with van der Waals surface area (Å²) in [4.78, 5) is 11.1. The van der Waals surface area contributed by atoms with Gasteiger partial charge in [-0.1, -0.05) is 18.2 Å².